The van der Waals surface area contributed by atoms with Gasteiger partial charge in [-0.3, -0.25) is 19.3 Å². The summed E-state index contributed by atoms with van der Waals surface area (Å²) < 4.78 is 0. The van der Waals surface area contributed by atoms with Crippen LogP contribution in [-0.2, 0) is 9.59 Å². The molecule has 0 spiro atoms. The van der Waals surface area contributed by atoms with Gasteiger partial charge in [0, 0.05) is 12.6 Å². The second-order valence-electron chi connectivity index (χ2n) is 5.47. The van der Waals surface area contributed by atoms with Crippen molar-refractivity contribution in [2.24, 2.45) is 0 Å². The van der Waals surface area contributed by atoms with Crippen LogP contribution in [0.2, 0.25) is 0 Å². The van der Waals surface area contributed by atoms with Crippen molar-refractivity contribution >= 4 is 40.2 Å². The first-order valence-corrected chi connectivity index (χ1v) is 8.33. The molecule has 0 unspecified atom stereocenters. The van der Waals surface area contributed by atoms with Crippen LogP contribution in [0.15, 0.2) is 54.6 Å². The molecule has 0 aromatic heterocycles. The third kappa shape index (κ3) is 2.92. The van der Waals surface area contributed by atoms with Crippen molar-refractivity contribution in [3.8, 4) is 0 Å². The predicted octanol–water partition coefficient (Wildman–Crippen LogP) is 3.57. The minimum atomic E-state index is -0.891. The summed E-state index contributed by atoms with van der Waals surface area (Å²) in [6.45, 7) is 3.28. The minimum Gasteiger partial charge on any atom is -0.290 e. The Kier molecular flexibility index (Phi) is 4.40. The van der Waals surface area contributed by atoms with Gasteiger partial charge in [0.1, 0.15) is 0 Å². The van der Waals surface area contributed by atoms with Crippen molar-refractivity contribution in [1.82, 2.24) is 0 Å². The molecule has 2 aromatic rings. The number of amides is 3. The summed E-state index contributed by atoms with van der Waals surface area (Å²) >= 11 is 0.856. The number of imide groups is 1. The maximum absolute atomic E-state index is 12.8. The lowest BCUT2D eigenvalue weighted by Gasteiger charge is -2.25. The number of nitrogens with zero attached hydrogens (tertiary/aromatic N) is 2. The van der Waals surface area contributed by atoms with E-state index < -0.39 is 11.3 Å². The third-order valence-electron chi connectivity index (χ3n) is 3.69. The van der Waals surface area contributed by atoms with E-state index in [9.17, 15) is 14.4 Å². The van der Waals surface area contributed by atoms with Gasteiger partial charge < -0.3 is 0 Å². The molecular weight excluding hydrogens is 324 g/mol. The van der Waals surface area contributed by atoms with Gasteiger partial charge in [-0.15, -0.1) is 0 Å². The highest BCUT2D eigenvalue weighted by Crippen LogP contribution is 2.36. The highest BCUT2D eigenvalue weighted by atomic mass is 32.2. The van der Waals surface area contributed by atoms with Crippen LogP contribution in [-0.4, -0.2) is 22.4 Å². The van der Waals surface area contributed by atoms with Crippen molar-refractivity contribution in [3.05, 3.63) is 60.2 Å². The Morgan fingerprint density at radius 3 is 2.42 bits per heavy atom. The van der Waals surface area contributed by atoms with Gasteiger partial charge in [0.25, 0.3) is 11.1 Å². The van der Waals surface area contributed by atoms with E-state index >= 15 is 0 Å². The number of para-hydroxylation sites is 1. The number of benzene rings is 2. The number of carbonyl (C=O) groups excluding carboxylic acids is 3. The Morgan fingerprint density at radius 2 is 1.79 bits per heavy atom. The van der Waals surface area contributed by atoms with Crippen molar-refractivity contribution in [2.75, 3.05) is 9.80 Å². The molecule has 1 fully saturated rings. The molecule has 0 radical (unpaired) electrons. The molecule has 5 nitrogen and oxygen atoms in total. The lowest BCUT2D eigenvalue weighted by atomic mass is 10.2. The Labute approximate surface area is 144 Å². The molecule has 122 valence electrons. The summed E-state index contributed by atoms with van der Waals surface area (Å²) in [5.74, 6) is -0.694. The molecule has 0 aliphatic carbocycles. The van der Waals surface area contributed by atoms with Gasteiger partial charge in [-0.25, -0.2) is 4.90 Å². The van der Waals surface area contributed by atoms with Crippen LogP contribution in [0.3, 0.4) is 0 Å². The molecular formula is C18H16N2O3S. The molecule has 0 N–H and O–H groups in total. The average molecular weight is 340 g/mol. The molecule has 3 amide bonds. The van der Waals surface area contributed by atoms with Gasteiger partial charge in [-0.2, -0.15) is 0 Å². The summed E-state index contributed by atoms with van der Waals surface area (Å²) in [7, 11) is 0. The Bertz CT molecular complexity index is 807. The molecule has 3 rings (SSSR count). The summed E-state index contributed by atoms with van der Waals surface area (Å²) in [5, 5.41) is -1.27. The number of hydrogen-bond acceptors (Lipinski definition) is 4. The van der Waals surface area contributed by atoms with E-state index in [1.54, 1.807) is 42.5 Å². The van der Waals surface area contributed by atoms with Crippen LogP contribution >= 0.6 is 11.8 Å². The van der Waals surface area contributed by atoms with Crippen molar-refractivity contribution < 1.29 is 14.4 Å². The molecule has 1 saturated heterocycles. The molecule has 0 bridgehead atoms. The smallest absolute Gasteiger partial charge is 0.290 e. The number of hydrogen-bond donors (Lipinski definition) is 0. The number of anilines is 2. The average Bonchev–Trinajstić information content (AvgIpc) is 2.83. The van der Waals surface area contributed by atoms with Gasteiger partial charge in [0.2, 0.25) is 5.91 Å². The highest BCUT2D eigenvalue weighted by Gasteiger charge is 2.45. The fourth-order valence-electron chi connectivity index (χ4n) is 2.63. The molecule has 24 heavy (non-hydrogen) atoms. The van der Waals surface area contributed by atoms with Crippen LogP contribution in [0.4, 0.5) is 16.2 Å². The van der Waals surface area contributed by atoms with Crippen LogP contribution in [0, 0.1) is 6.92 Å². The van der Waals surface area contributed by atoms with E-state index in [4.69, 9.17) is 0 Å². The zero-order valence-corrected chi connectivity index (χ0v) is 14.1. The maximum atomic E-state index is 12.8. The zero-order chi connectivity index (χ0) is 17.3. The fraction of sp³-hybridized carbons (Fsp3) is 0.167. The molecule has 1 atom stereocenters. The van der Waals surface area contributed by atoms with E-state index in [1.807, 2.05) is 19.1 Å². The van der Waals surface area contributed by atoms with Gasteiger partial charge in [-0.1, -0.05) is 30.3 Å². The third-order valence-corrected chi connectivity index (χ3v) is 4.71. The monoisotopic (exact) mass is 340 g/mol. The van der Waals surface area contributed by atoms with Crippen LogP contribution in [0.5, 0.6) is 0 Å². The fourth-order valence-corrected chi connectivity index (χ4v) is 3.71. The Balaban J connectivity index is 1.97. The van der Waals surface area contributed by atoms with Gasteiger partial charge in [0.05, 0.1) is 5.69 Å². The minimum absolute atomic E-state index is 0.286. The van der Waals surface area contributed by atoms with E-state index in [0.29, 0.717) is 11.4 Å². The predicted molar refractivity (Wildman–Crippen MR) is 95.0 cm³/mol. The van der Waals surface area contributed by atoms with Gasteiger partial charge >= 0.3 is 0 Å². The molecule has 1 aliphatic rings. The van der Waals surface area contributed by atoms with E-state index in [-0.39, 0.29) is 11.1 Å². The molecule has 2 aromatic carbocycles. The summed E-state index contributed by atoms with van der Waals surface area (Å²) in [5.41, 5.74) is 2.07. The molecule has 1 aliphatic heterocycles. The van der Waals surface area contributed by atoms with Crippen LogP contribution in [0.25, 0.3) is 0 Å². The highest BCUT2D eigenvalue weighted by molar-refractivity contribution is 8.16. The van der Waals surface area contributed by atoms with Gasteiger partial charge in [0.15, 0.2) is 5.37 Å². The number of carbonyl (C=O) groups is 3. The number of thioether (sulfide) groups is 1. The molecule has 1 heterocycles. The summed E-state index contributed by atoms with van der Waals surface area (Å²) in [6, 6.07) is 16.1. The lowest BCUT2D eigenvalue weighted by Crippen LogP contribution is -2.44. The normalized spacial score (nSPS) is 17.2. The van der Waals surface area contributed by atoms with Gasteiger partial charge in [-0.05, 0) is 48.5 Å². The van der Waals surface area contributed by atoms with Crippen molar-refractivity contribution in [1.29, 1.82) is 0 Å². The van der Waals surface area contributed by atoms with E-state index in [1.165, 1.54) is 11.8 Å². The Morgan fingerprint density at radius 1 is 1.08 bits per heavy atom. The molecule has 0 saturated carbocycles. The summed E-state index contributed by atoms with van der Waals surface area (Å²) in [6.07, 6.45) is 0. The van der Waals surface area contributed by atoms with E-state index in [0.717, 1.165) is 22.2 Å². The van der Waals surface area contributed by atoms with Crippen LogP contribution in [0.1, 0.15) is 12.5 Å². The largest absolute Gasteiger partial charge is 0.295 e. The first kappa shape index (κ1) is 16.3. The lowest BCUT2D eigenvalue weighted by molar-refractivity contribution is -0.121. The zero-order valence-electron chi connectivity index (χ0n) is 13.3. The molecule has 6 heteroatoms. The number of rotatable bonds is 3. The second kappa shape index (κ2) is 6.49. The summed E-state index contributed by atoms with van der Waals surface area (Å²) in [4.78, 5) is 39.8. The quantitative estimate of drug-likeness (QED) is 0.857. The van der Waals surface area contributed by atoms with Crippen LogP contribution < -0.4 is 9.80 Å². The Hall–Kier alpha value is -2.60. The van der Waals surface area contributed by atoms with Crippen molar-refractivity contribution in [3.63, 3.8) is 0 Å². The van der Waals surface area contributed by atoms with Crippen molar-refractivity contribution in [2.45, 2.75) is 19.2 Å². The maximum Gasteiger partial charge on any atom is 0.295 e. The number of aryl methyl sites for hydroxylation is 1. The topological polar surface area (TPSA) is 57.7 Å². The van der Waals surface area contributed by atoms with E-state index in [2.05, 4.69) is 0 Å². The standard InChI is InChI=1S/C18H16N2O3S/c1-12-7-6-10-15(11-12)20-16(22)17(24-18(20)23)19(13(2)21)14-8-4-3-5-9-14/h3-11,17H,1-2H3/t17-/m1/s1. The second-order valence-corrected chi connectivity index (χ2v) is 6.50. The first-order valence-electron chi connectivity index (χ1n) is 7.45. The SMILES string of the molecule is CC(=O)N(c1ccccc1)[C@@H]1SC(=O)N(c2cccc(C)c2)C1=O. The first-order chi connectivity index (χ1) is 11.5.